The highest BCUT2D eigenvalue weighted by molar-refractivity contribution is 5.94. The van der Waals surface area contributed by atoms with Crippen LogP contribution < -0.4 is 15.0 Å². The first-order valence-electron chi connectivity index (χ1n) is 9.70. The molecule has 0 unspecified atom stereocenters. The van der Waals surface area contributed by atoms with Gasteiger partial charge < -0.3 is 19.9 Å². The minimum absolute atomic E-state index is 0.132. The van der Waals surface area contributed by atoms with Gasteiger partial charge in [-0.15, -0.1) is 0 Å². The maximum Gasteiger partial charge on any atom is 0.419 e. The van der Waals surface area contributed by atoms with E-state index in [1.54, 1.807) is 18.2 Å². The fraction of sp³-hybridized carbons (Fsp3) is 0.429. The Balaban J connectivity index is 1.65. The monoisotopic (exact) mass is 422 g/mol. The summed E-state index contributed by atoms with van der Waals surface area (Å²) >= 11 is 0. The van der Waals surface area contributed by atoms with E-state index in [-0.39, 0.29) is 18.3 Å². The molecule has 30 heavy (non-hydrogen) atoms. The quantitative estimate of drug-likeness (QED) is 0.740. The zero-order valence-electron chi connectivity index (χ0n) is 16.9. The van der Waals surface area contributed by atoms with Gasteiger partial charge in [0.2, 0.25) is 5.91 Å². The number of likely N-dealkylation sites (N-methyl/N-ethyl adjacent to an activating group) is 1. The highest BCUT2D eigenvalue weighted by Crippen LogP contribution is 2.37. The van der Waals surface area contributed by atoms with Gasteiger partial charge >= 0.3 is 6.18 Å². The Morgan fingerprint density at radius 2 is 2.03 bits per heavy atom. The molecule has 9 heteroatoms. The standard InChI is InChI=1S/C21H25F3N4O2/c1-27(2)12-13-30-18-8-4-3-7-17(18)26-20(29)15-9-11-28(14-15)19-16(21(22,23)24)6-5-10-25-19/h3-8,10,15H,9,11-14H2,1-2H3,(H,26,29)/t15-/m1/s1. The molecule has 1 aliphatic rings. The summed E-state index contributed by atoms with van der Waals surface area (Å²) in [5.41, 5.74) is -0.237. The predicted molar refractivity (Wildman–Crippen MR) is 109 cm³/mol. The van der Waals surface area contributed by atoms with Crippen molar-refractivity contribution < 1.29 is 22.7 Å². The third-order valence-corrected chi connectivity index (χ3v) is 4.89. The van der Waals surface area contributed by atoms with Crippen molar-refractivity contribution in [1.82, 2.24) is 9.88 Å². The number of nitrogens with one attached hydrogen (secondary N) is 1. The van der Waals surface area contributed by atoms with E-state index in [4.69, 9.17) is 4.74 Å². The molecule has 6 nitrogen and oxygen atoms in total. The summed E-state index contributed by atoms with van der Waals surface area (Å²) in [4.78, 5) is 20.2. The Kier molecular flexibility index (Phi) is 6.81. The molecule has 1 saturated heterocycles. The van der Waals surface area contributed by atoms with E-state index >= 15 is 0 Å². The number of rotatable bonds is 7. The molecule has 0 aliphatic carbocycles. The summed E-state index contributed by atoms with van der Waals surface area (Å²) in [6.07, 6.45) is -2.71. The van der Waals surface area contributed by atoms with Gasteiger partial charge in [-0.3, -0.25) is 4.79 Å². The lowest BCUT2D eigenvalue weighted by Crippen LogP contribution is -2.29. The van der Waals surface area contributed by atoms with E-state index in [2.05, 4.69) is 10.3 Å². The molecule has 0 spiro atoms. The number of halogens is 3. The number of carbonyl (C=O) groups is 1. The molecule has 162 valence electrons. The number of benzene rings is 1. The summed E-state index contributed by atoms with van der Waals surface area (Å²) in [7, 11) is 3.88. The van der Waals surface area contributed by atoms with E-state index in [1.165, 1.54) is 17.2 Å². The van der Waals surface area contributed by atoms with Gasteiger partial charge in [-0.05, 0) is 44.8 Å². The van der Waals surface area contributed by atoms with Crippen LogP contribution in [-0.4, -0.2) is 56.1 Å². The average molecular weight is 422 g/mol. The largest absolute Gasteiger partial charge is 0.490 e. The van der Waals surface area contributed by atoms with Crippen LogP contribution >= 0.6 is 0 Å². The molecule has 1 fully saturated rings. The molecule has 1 amide bonds. The minimum atomic E-state index is -4.49. The lowest BCUT2D eigenvalue weighted by Gasteiger charge is -2.21. The van der Waals surface area contributed by atoms with Crippen LogP contribution in [0.1, 0.15) is 12.0 Å². The molecule has 0 radical (unpaired) electrons. The van der Waals surface area contributed by atoms with Crippen LogP contribution in [0.2, 0.25) is 0 Å². The Morgan fingerprint density at radius 1 is 1.27 bits per heavy atom. The highest BCUT2D eigenvalue weighted by Gasteiger charge is 2.38. The number of aromatic nitrogens is 1. The lowest BCUT2D eigenvalue weighted by molar-refractivity contribution is -0.137. The van der Waals surface area contributed by atoms with Crippen LogP contribution in [0, 0.1) is 5.92 Å². The summed E-state index contributed by atoms with van der Waals surface area (Å²) in [5, 5.41) is 2.86. The van der Waals surface area contributed by atoms with Gasteiger partial charge in [0.15, 0.2) is 0 Å². The van der Waals surface area contributed by atoms with E-state index in [0.717, 1.165) is 12.6 Å². The van der Waals surface area contributed by atoms with Gasteiger partial charge in [-0.25, -0.2) is 4.98 Å². The third kappa shape index (κ3) is 5.41. The minimum Gasteiger partial charge on any atom is -0.490 e. The second kappa shape index (κ2) is 9.34. The fourth-order valence-corrected chi connectivity index (χ4v) is 3.31. The van der Waals surface area contributed by atoms with E-state index in [0.29, 0.717) is 31.0 Å². The smallest absolute Gasteiger partial charge is 0.419 e. The van der Waals surface area contributed by atoms with Gasteiger partial charge in [0, 0.05) is 25.8 Å². The molecular formula is C21H25F3N4O2. The van der Waals surface area contributed by atoms with Gasteiger partial charge in [0.05, 0.1) is 17.2 Å². The zero-order valence-corrected chi connectivity index (χ0v) is 16.9. The number of hydrogen-bond acceptors (Lipinski definition) is 5. The number of anilines is 2. The number of ether oxygens (including phenoxy) is 1. The number of pyridine rings is 1. The third-order valence-electron chi connectivity index (χ3n) is 4.89. The van der Waals surface area contributed by atoms with Gasteiger partial charge in [0.25, 0.3) is 0 Å². The van der Waals surface area contributed by atoms with Crippen LogP contribution in [0.4, 0.5) is 24.7 Å². The van der Waals surface area contributed by atoms with Crippen LogP contribution in [0.15, 0.2) is 42.6 Å². The van der Waals surface area contributed by atoms with E-state index in [1.807, 2.05) is 25.1 Å². The molecule has 3 rings (SSSR count). The van der Waals surface area contributed by atoms with Crippen LogP contribution in [0.3, 0.4) is 0 Å². The molecule has 1 aliphatic heterocycles. The summed E-state index contributed by atoms with van der Waals surface area (Å²) < 4.78 is 45.6. The summed E-state index contributed by atoms with van der Waals surface area (Å²) in [6.45, 7) is 1.71. The first-order chi connectivity index (χ1) is 14.3. The van der Waals surface area contributed by atoms with Crippen LogP contribution in [0.25, 0.3) is 0 Å². The predicted octanol–water partition coefficient (Wildman–Crippen LogP) is 3.51. The van der Waals surface area contributed by atoms with Gasteiger partial charge in [0.1, 0.15) is 18.2 Å². The van der Waals surface area contributed by atoms with Crippen LogP contribution in [0.5, 0.6) is 5.75 Å². The molecule has 0 saturated carbocycles. The first-order valence-corrected chi connectivity index (χ1v) is 9.70. The number of amides is 1. The Morgan fingerprint density at radius 3 is 2.77 bits per heavy atom. The topological polar surface area (TPSA) is 57.7 Å². The molecule has 0 bridgehead atoms. The van der Waals surface area contributed by atoms with Crippen molar-refractivity contribution in [2.45, 2.75) is 12.6 Å². The maximum atomic E-state index is 13.3. The van der Waals surface area contributed by atoms with Crippen molar-refractivity contribution in [2.75, 3.05) is 50.6 Å². The first kappa shape index (κ1) is 21.9. The van der Waals surface area contributed by atoms with Gasteiger partial charge in [-0.1, -0.05) is 12.1 Å². The Hall–Kier alpha value is -2.81. The van der Waals surface area contributed by atoms with Crippen molar-refractivity contribution in [3.63, 3.8) is 0 Å². The number of carbonyl (C=O) groups excluding carboxylic acids is 1. The molecule has 2 heterocycles. The summed E-state index contributed by atoms with van der Waals surface area (Å²) in [5.74, 6) is -0.257. The number of alkyl halides is 3. The number of nitrogens with zero attached hydrogens (tertiary/aromatic N) is 3. The van der Waals surface area contributed by atoms with Crippen molar-refractivity contribution in [3.8, 4) is 5.75 Å². The molecule has 1 N–H and O–H groups in total. The van der Waals surface area contributed by atoms with E-state index < -0.39 is 17.7 Å². The second-order valence-corrected chi connectivity index (χ2v) is 7.44. The highest BCUT2D eigenvalue weighted by atomic mass is 19.4. The Labute approximate surface area is 173 Å². The van der Waals surface area contributed by atoms with Gasteiger partial charge in [-0.2, -0.15) is 13.2 Å². The van der Waals surface area contributed by atoms with Crippen molar-refractivity contribution in [3.05, 3.63) is 48.2 Å². The van der Waals surface area contributed by atoms with E-state index in [9.17, 15) is 18.0 Å². The molecule has 1 aromatic heterocycles. The second-order valence-electron chi connectivity index (χ2n) is 7.44. The van der Waals surface area contributed by atoms with Crippen molar-refractivity contribution >= 4 is 17.4 Å². The summed E-state index contributed by atoms with van der Waals surface area (Å²) in [6, 6.07) is 9.40. The molecule has 1 atom stereocenters. The number of hydrogen-bond donors (Lipinski definition) is 1. The fourth-order valence-electron chi connectivity index (χ4n) is 3.31. The molecule has 1 aromatic carbocycles. The number of para-hydroxylation sites is 2. The maximum absolute atomic E-state index is 13.3. The zero-order chi connectivity index (χ0) is 21.7. The normalized spacial score (nSPS) is 16.7. The van der Waals surface area contributed by atoms with Crippen molar-refractivity contribution in [2.24, 2.45) is 5.92 Å². The average Bonchev–Trinajstić information content (AvgIpc) is 3.19. The Bertz CT molecular complexity index is 873. The van der Waals surface area contributed by atoms with Crippen molar-refractivity contribution in [1.29, 1.82) is 0 Å². The molecular weight excluding hydrogens is 397 g/mol. The SMILES string of the molecule is CN(C)CCOc1ccccc1NC(=O)[C@@H]1CCN(c2ncccc2C(F)(F)F)C1. The lowest BCUT2D eigenvalue weighted by atomic mass is 10.1. The van der Waals surface area contributed by atoms with Crippen LogP contribution in [-0.2, 0) is 11.0 Å². The molecule has 2 aromatic rings.